The van der Waals surface area contributed by atoms with Gasteiger partial charge in [0.25, 0.3) is 0 Å². The van der Waals surface area contributed by atoms with Crippen LogP contribution in [0.15, 0.2) is 182 Å². The van der Waals surface area contributed by atoms with Crippen molar-refractivity contribution in [2.75, 3.05) is 13.2 Å². The second kappa shape index (κ2) is 26.2. The highest BCUT2D eigenvalue weighted by Gasteiger charge is 2.55. The second-order valence-corrected chi connectivity index (χ2v) is 18.9. The van der Waals surface area contributed by atoms with Gasteiger partial charge in [-0.2, -0.15) is 0 Å². The van der Waals surface area contributed by atoms with Crippen LogP contribution in [0.2, 0.25) is 0 Å². The number of rotatable bonds is 23. The van der Waals surface area contributed by atoms with E-state index in [9.17, 15) is 9.90 Å². The lowest BCUT2D eigenvalue weighted by Crippen LogP contribution is -2.66. The molecule has 12 nitrogen and oxygen atoms in total. The maximum atomic E-state index is 14.1. The average Bonchev–Trinajstić information content (AvgIpc) is 3.39. The molecule has 374 valence electrons. The molecule has 2 aliphatic rings. The number of benzene rings is 6. The molecule has 10 atom stereocenters. The number of aliphatic hydroxyl groups excluding tert-OH is 1. The van der Waals surface area contributed by atoms with Crippen molar-refractivity contribution < 1.29 is 57.3 Å². The fraction of sp³-hybridized carbons (Fsp3) is 0.373. The molecular formula is C59H66O12. The summed E-state index contributed by atoms with van der Waals surface area (Å²) in [5.74, 6) is -0.493. The van der Waals surface area contributed by atoms with Crippen LogP contribution in [0.5, 0.6) is 0 Å². The topological polar surface area (TPSA) is 130 Å². The summed E-state index contributed by atoms with van der Waals surface area (Å²) >= 11 is 0. The van der Waals surface area contributed by atoms with Gasteiger partial charge in [-0.1, -0.05) is 182 Å². The zero-order valence-electron chi connectivity index (χ0n) is 40.7. The minimum Gasteiger partial charge on any atom is -0.454 e. The van der Waals surface area contributed by atoms with E-state index >= 15 is 0 Å². The van der Waals surface area contributed by atoms with Gasteiger partial charge in [0.1, 0.15) is 42.7 Å². The van der Waals surface area contributed by atoms with Crippen LogP contribution in [0.3, 0.4) is 0 Å². The molecule has 6 aromatic carbocycles. The Morgan fingerprint density at radius 2 is 0.761 bits per heavy atom. The Hall–Kier alpha value is -5.61. The maximum Gasteiger partial charge on any atom is 0.311 e. The predicted octanol–water partition coefficient (Wildman–Crippen LogP) is 9.55. The van der Waals surface area contributed by atoms with E-state index in [4.69, 9.17) is 47.4 Å². The maximum absolute atomic E-state index is 14.1. The van der Waals surface area contributed by atoms with E-state index in [1.165, 1.54) is 0 Å². The molecule has 12 heteroatoms. The number of carbonyl (C=O) groups excluding carboxylic acids is 1. The highest BCUT2D eigenvalue weighted by molar-refractivity contribution is 5.75. The van der Waals surface area contributed by atoms with Gasteiger partial charge < -0.3 is 52.5 Å². The molecule has 71 heavy (non-hydrogen) atoms. The fourth-order valence-electron chi connectivity index (χ4n) is 8.39. The summed E-state index contributed by atoms with van der Waals surface area (Å²) in [5.41, 5.74) is 4.58. The zero-order valence-corrected chi connectivity index (χ0v) is 40.7. The third kappa shape index (κ3) is 15.2. The molecule has 2 aliphatic heterocycles. The molecule has 8 rings (SSSR count). The van der Waals surface area contributed by atoms with Crippen molar-refractivity contribution in [2.24, 2.45) is 5.41 Å². The highest BCUT2D eigenvalue weighted by atomic mass is 16.8. The van der Waals surface area contributed by atoms with Gasteiger partial charge in [-0.3, -0.25) is 4.79 Å². The summed E-state index contributed by atoms with van der Waals surface area (Å²) in [6, 6.07) is 58.5. The van der Waals surface area contributed by atoms with E-state index in [0.717, 1.165) is 33.4 Å². The SMILES string of the molecule is CC(C)(C)C(=O)OC1C(OCc2ccccc2)[C@H](O[C@@H]2OC(COCc3ccccc3)[C@H](OCc3ccccc3)C(O)C2OCc2ccccc2)[C@H](COCc2ccccc2)O[C@H]1OCc1ccccc1. The van der Waals surface area contributed by atoms with Crippen LogP contribution in [0.25, 0.3) is 0 Å². The van der Waals surface area contributed by atoms with E-state index in [1.807, 2.05) is 182 Å². The van der Waals surface area contributed by atoms with E-state index in [-0.39, 0.29) is 46.2 Å². The minimum absolute atomic E-state index is 0.00708. The normalized spacial score (nSPS) is 24.6. The largest absolute Gasteiger partial charge is 0.454 e. The standard InChI is InChI=1S/C59H66O12/c1-59(2,3)58(61)71-55-54(66-38-46-30-18-8-19-31-46)52(49(41-63-35-43-24-12-5-13-25-43)68-56(55)67-39-47-32-20-9-21-33-47)70-57-53(65-37-45-28-16-7-17-29-45)50(60)51(64-36-44-26-14-6-15-27-44)48(69-57)40-62-34-42-22-10-4-11-23-42/h4-33,48-57,60H,34-41H2,1-3H3/t48?,49-,50?,51-,52+,53?,54?,55?,56+,57-/m0/s1. The molecule has 2 saturated heterocycles. The third-order valence-corrected chi connectivity index (χ3v) is 12.3. The molecule has 0 amide bonds. The Balaban J connectivity index is 1.17. The van der Waals surface area contributed by atoms with Gasteiger partial charge in [-0.15, -0.1) is 0 Å². The Morgan fingerprint density at radius 3 is 1.17 bits per heavy atom. The smallest absolute Gasteiger partial charge is 0.311 e. The quantitative estimate of drug-likeness (QED) is 0.0614. The molecule has 5 unspecified atom stereocenters. The molecule has 6 aromatic rings. The lowest BCUT2D eigenvalue weighted by Gasteiger charge is -2.49. The first-order valence-electron chi connectivity index (χ1n) is 24.4. The number of ether oxygens (including phenoxy) is 10. The van der Waals surface area contributed by atoms with Crippen molar-refractivity contribution >= 4 is 5.97 Å². The molecule has 0 radical (unpaired) electrons. The van der Waals surface area contributed by atoms with Gasteiger partial charge in [0.15, 0.2) is 18.7 Å². The van der Waals surface area contributed by atoms with Crippen LogP contribution in [-0.2, 0) is 91.8 Å². The number of carbonyl (C=O) groups is 1. The van der Waals surface area contributed by atoms with Crippen LogP contribution in [0.4, 0.5) is 0 Å². The number of esters is 1. The predicted molar refractivity (Wildman–Crippen MR) is 266 cm³/mol. The molecule has 0 bridgehead atoms. The Bertz CT molecular complexity index is 2420. The van der Waals surface area contributed by atoms with Crippen molar-refractivity contribution in [1.29, 1.82) is 0 Å². The molecule has 1 N–H and O–H groups in total. The molecule has 2 fully saturated rings. The van der Waals surface area contributed by atoms with Gasteiger partial charge in [-0.05, 0) is 54.2 Å². The lowest BCUT2D eigenvalue weighted by atomic mass is 9.94. The molecule has 0 aromatic heterocycles. The van der Waals surface area contributed by atoms with Crippen LogP contribution in [0, 0.1) is 5.41 Å². The molecule has 2 heterocycles. The minimum atomic E-state index is -1.29. The summed E-state index contributed by atoms with van der Waals surface area (Å²) in [5, 5.41) is 12.7. The Morgan fingerprint density at radius 1 is 0.423 bits per heavy atom. The van der Waals surface area contributed by atoms with E-state index in [2.05, 4.69) is 0 Å². The van der Waals surface area contributed by atoms with Crippen LogP contribution in [0.1, 0.15) is 54.2 Å². The van der Waals surface area contributed by atoms with E-state index in [1.54, 1.807) is 20.8 Å². The van der Waals surface area contributed by atoms with Crippen molar-refractivity contribution in [2.45, 2.75) is 122 Å². The van der Waals surface area contributed by atoms with Crippen LogP contribution < -0.4 is 0 Å². The van der Waals surface area contributed by atoms with Gasteiger partial charge in [-0.25, -0.2) is 0 Å². The first kappa shape index (κ1) is 51.7. The molecule has 0 aliphatic carbocycles. The van der Waals surface area contributed by atoms with Crippen LogP contribution in [-0.4, -0.2) is 85.7 Å². The Labute approximate surface area is 417 Å². The number of aliphatic hydroxyl groups is 1. The fourth-order valence-corrected chi connectivity index (χ4v) is 8.39. The summed E-state index contributed by atoms with van der Waals surface area (Å²) in [4.78, 5) is 14.1. The van der Waals surface area contributed by atoms with Crippen molar-refractivity contribution in [1.82, 2.24) is 0 Å². The summed E-state index contributed by atoms with van der Waals surface area (Å²) in [7, 11) is 0. The van der Waals surface area contributed by atoms with Gasteiger partial charge in [0.2, 0.25) is 0 Å². The van der Waals surface area contributed by atoms with Gasteiger partial charge in [0, 0.05) is 0 Å². The zero-order chi connectivity index (χ0) is 49.3. The monoisotopic (exact) mass is 966 g/mol. The van der Waals surface area contributed by atoms with Gasteiger partial charge >= 0.3 is 5.97 Å². The van der Waals surface area contributed by atoms with Crippen LogP contribution >= 0.6 is 0 Å². The molecule has 0 spiro atoms. The van der Waals surface area contributed by atoms with E-state index < -0.39 is 72.8 Å². The third-order valence-electron chi connectivity index (χ3n) is 12.3. The second-order valence-electron chi connectivity index (χ2n) is 18.9. The van der Waals surface area contributed by atoms with Crippen molar-refractivity contribution in [3.8, 4) is 0 Å². The first-order valence-corrected chi connectivity index (χ1v) is 24.4. The highest BCUT2D eigenvalue weighted by Crippen LogP contribution is 2.37. The van der Waals surface area contributed by atoms with E-state index in [0.29, 0.717) is 6.61 Å². The first-order chi connectivity index (χ1) is 34.7. The summed E-state index contributed by atoms with van der Waals surface area (Å²) in [6.07, 6.45) is -10.8. The Kier molecular flexibility index (Phi) is 19.1. The number of hydrogen-bond donors (Lipinski definition) is 1. The van der Waals surface area contributed by atoms with Gasteiger partial charge in [0.05, 0.1) is 58.3 Å². The average molecular weight is 967 g/mol. The molecular weight excluding hydrogens is 901 g/mol. The summed E-state index contributed by atoms with van der Waals surface area (Å²) in [6.45, 7) is 6.53. The lowest BCUT2D eigenvalue weighted by molar-refractivity contribution is -0.373. The number of hydrogen-bond acceptors (Lipinski definition) is 12. The van der Waals surface area contributed by atoms with Crippen molar-refractivity contribution in [3.63, 3.8) is 0 Å². The summed E-state index contributed by atoms with van der Waals surface area (Å²) < 4.78 is 67.2. The van der Waals surface area contributed by atoms with Crippen molar-refractivity contribution in [3.05, 3.63) is 215 Å². The molecule has 0 saturated carbocycles.